The van der Waals surface area contributed by atoms with Crippen LogP contribution in [0.5, 0.6) is 0 Å². The van der Waals surface area contributed by atoms with Crippen molar-refractivity contribution in [2.24, 2.45) is 0 Å². The van der Waals surface area contributed by atoms with Gasteiger partial charge in [-0.1, -0.05) is 6.07 Å². The molecule has 0 saturated carbocycles. The maximum atomic E-state index is 13.7. The van der Waals surface area contributed by atoms with Gasteiger partial charge in [-0.25, -0.2) is 18.7 Å². The van der Waals surface area contributed by atoms with Crippen molar-refractivity contribution >= 4 is 33.1 Å². The van der Waals surface area contributed by atoms with Gasteiger partial charge in [0.15, 0.2) is 11.6 Å². The van der Waals surface area contributed by atoms with Gasteiger partial charge in [-0.3, -0.25) is 9.36 Å². The molecule has 0 radical (unpaired) electrons. The first-order chi connectivity index (χ1) is 14.4. The van der Waals surface area contributed by atoms with Crippen LogP contribution in [-0.4, -0.2) is 21.6 Å². The third kappa shape index (κ3) is 3.21. The Balaban J connectivity index is 1.94. The Morgan fingerprint density at radius 2 is 2.03 bits per heavy atom. The van der Waals surface area contributed by atoms with E-state index in [0.29, 0.717) is 11.4 Å². The first-order valence-electron chi connectivity index (χ1n) is 8.94. The van der Waals surface area contributed by atoms with Gasteiger partial charge >= 0.3 is 0 Å². The molecule has 0 aliphatic carbocycles. The molecule has 1 aromatic carbocycles. The number of benzene rings is 1. The lowest BCUT2D eigenvalue weighted by atomic mass is 10.1. The summed E-state index contributed by atoms with van der Waals surface area (Å²) in [5.74, 6) is -1.60. The highest BCUT2D eigenvalue weighted by atomic mass is 32.1. The summed E-state index contributed by atoms with van der Waals surface area (Å²) < 4.78 is 28.3. The second kappa shape index (κ2) is 7.65. The average Bonchev–Trinajstić information content (AvgIpc) is 3.29. The molecule has 0 saturated heterocycles. The quantitative estimate of drug-likeness (QED) is 0.487. The lowest BCUT2D eigenvalue weighted by Gasteiger charge is -2.20. The number of rotatable bonds is 4. The summed E-state index contributed by atoms with van der Waals surface area (Å²) in [7, 11) is 1.77. The number of fused-ring (bicyclic) bond motifs is 1. The van der Waals surface area contributed by atoms with Crippen molar-refractivity contribution in [3.05, 3.63) is 81.4 Å². The van der Waals surface area contributed by atoms with Crippen molar-refractivity contribution in [3.63, 3.8) is 0 Å². The molecule has 3 heterocycles. The fourth-order valence-electron chi connectivity index (χ4n) is 3.23. The molecule has 0 N–H and O–H groups in total. The minimum atomic E-state index is -0.993. The highest BCUT2D eigenvalue weighted by molar-refractivity contribution is 7.14. The van der Waals surface area contributed by atoms with Crippen molar-refractivity contribution in [3.8, 4) is 6.07 Å². The second-order valence-corrected chi connectivity index (χ2v) is 7.57. The zero-order valence-electron chi connectivity index (χ0n) is 16.0. The van der Waals surface area contributed by atoms with Crippen LogP contribution in [0.3, 0.4) is 0 Å². The van der Waals surface area contributed by atoms with Crippen molar-refractivity contribution < 1.29 is 8.78 Å². The molecular formula is C21H15F2N5OS. The van der Waals surface area contributed by atoms with E-state index in [1.54, 1.807) is 18.9 Å². The van der Waals surface area contributed by atoms with Gasteiger partial charge in [-0.05, 0) is 42.1 Å². The zero-order chi connectivity index (χ0) is 21.4. The van der Waals surface area contributed by atoms with Crippen LogP contribution >= 0.6 is 11.3 Å². The van der Waals surface area contributed by atoms with Crippen LogP contribution in [0.4, 0.5) is 19.6 Å². The number of hydrogen-bond donors (Lipinski definition) is 0. The summed E-state index contributed by atoms with van der Waals surface area (Å²) in [6, 6.07) is 8.65. The molecule has 0 aliphatic rings. The van der Waals surface area contributed by atoms with E-state index in [4.69, 9.17) is 0 Å². The van der Waals surface area contributed by atoms with Crippen LogP contribution < -0.4 is 10.5 Å². The largest absolute Gasteiger partial charge is 0.320 e. The van der Waals surface area contributed by atoms with Gasteiger partial charge in [-0.15, -0.1) is 11.3 Å². The van der Waals surface area contributed by atoms with Crippen molar-refractivity contribution in [1.29, 1.82) is 5.26 Å². The number of hydrogen-bond acceptors (Lipinski definition) is 6. The predicted octanol–water partition coefficient (Wildman–Crippen LogP) is 4.38. The number of anilines is 2. The fourth-order valence-corrected chi connectivity index (χ4v) is 3.93. The Hall–Kier alpha value is -3.64. The lowest BCUT2D eigenvalue weighted by molar-refractivity contribution is 0.502. The van der Waals surface area contributed by atoms with Gasteiger partial charge in [0.2, 0.25) is 0 Å². The second-order valence-electron chi connectivity index (χ2n) is 6.65. The number of aromatic nitrogens is 3. The van der Waals surface area contributed by atoms with Crippen LogP contribution in [0.25, 0.3) is 10.9 Å². The summed E-state index contributed by atoms with van der Waals surface area (Å²) in [6.07, 6.45) is 2.70. The monoisotopic (exact) mass is 423 g/mol. The first kappa shape index (κ1) is 19.7. The molecule has 6 nitrogen and oxygen atoms in total. The third-order valence-corrected chi connectivity index (χ3v) is 5.85. The van der Waals surface area contributed by atoms with E-state index in [1.165, 1.54) is 34.5 Å². The van der Waals surface area contributed by atoms with E-state index in [0.717, 1.165) is 17.1 Å². The van der Waals surface area contributed by atoms with Crippen molar-refractivity contribution in [2.75, 3.05) is 11.9 Å². The van der Waals surface area contributed by atoms with Crippen molar-refractivity contribution in [2.45, 2.75) is 13.0 Å². The first-order valence-corrected chi connectivity index (χ1v) is 9.82. The van der Waals surface area contributed by atoms with Gasteiger partial charge in [-0.2, -0.15) is 5.26 Å². The number of halogens is 2. The Morgan fingerprint density at radius 1 is 1.23 bits per heavy atom. The summed E-state index contributed by atoms with van der Waals surface area (Å²) in [5.41, 5.74) is 0.401. The van der Waals surface area contributed by atoms with Crippen LogP contribution in [0.1, 0.15) is 24.1 Å². The minimum absolute atomic E-state index is 0.179. The summed E-state index contributed by atoms with van der Waals surface area (Å²) in [6.45, 7) is 1.69. The zero-order valence-corrected chi connectivity index (χ0v) is 16.8. The topological polar surface area (TPSA) is 74.8 Å². The molecule has 0 spiro atoms. The molecule has 1 atom stereocenters. The number of pyridine rings is 1. The average molecular weight is 423 g/mol. The van der Waals surface area contributed by atoms with Gasteiger partial charge in [0.25, 0.3) is 5.56 Å². The summed E-state index contributed by atoms with van der Waals surface area (Å²) in [5, 5.41) is 12.4. The number of nitriles is 1. The highest BCUT2D eigenvalue weighted by Crippen LogP contribution is 2.31. The van der Waals surface area contributed by atoms with E-state index < -0.39 is 23.2 Å². The van der Waals surface area contributed by atoms with E-state index in [1.807, 2.05) is 23.6 Å². The van der Waals surface area contributed by atoms with Gasteiger partial charge in [0.05, 0.1) is 22.9 Å². The third-order valence-electron chi connectivity index (χ3n) is 4.91. The number of thiophene rings is 1. The summed E-state index contributed by atoms with van der Waals surface area (Å²) in [4.78, 5) is 23.9. The molecular weight excluding hydrogens is 408 g/mol. The molecule has 9 heteroatoms. The lowest BCUT2D eigenvalue weighted by Crippen LogP contribution is -2.26. The molecule has 150 valence electrons. The SMILES string of the molecule is C[C@@H](c1ccc(F)c(F)c1)n1cnc2c(C#N)cnc(N(C)c3cccs3)c2c1=O. The fraction of sp³-hybridized carbons (Fsp3) is 0.143. The van der Waals surface area contributed by atoms with Crippen LogP contribution in [-0.2, 0) is 0 Å². The Labute approximate surface area is 174 Å². The predicted molar refractivity (Wildman–Crippen MR) is 111 cm³/mol. The van der Waals surface area contributed by atoms with Crippen LogP contribution in [0.15, 0.2) is 53.0 Å². The number of nitrogens with zero attached hydrogens (tertiary/aromatic N) is 5. The molecule has 0 bridgehead atoms. The Kier molecular flexibility index (Phi) is 5.01. The Morgan fingerprint density at radius 3 is 2.70 bits per heavy atom. The van der Waals surface area contributed by atoms with E-state index in [9.17, 15) is 18.8 Å². The molecule has 3 aromatic heterocycles. The molecule has 30 heavy (non-hydrogen) atoms. The maximum Gasteiger partial charge on any atom is 0.265 e. The van der Waals surface area contributed by atoms with Gasteiger partial charge in [0, 0.05) is 13.2 Å². The van der Waals surface area contributed by atoms with Crippen LogP contribution in [0.2, 0.25) is 0 Å². The smallest absolute Gasteiger partial charge is 0.265 e. The molecule has 0 unspecified atom stereocenters. The Bertz CT molecular complexity index is 1340. The van der Waals surface area contributed by atoms with E-state index in [-0.39, 0.29) is 16.5 Å². The summed E-state index contributed by atoms with van der Waals surface area (Å²) >= 11 is 1.48. The molecule has 4 aromatic rings. The normalized spacial score (nSPS) is 12.0. The maximum absolute atomic E-state index is 13.7. The van der Waals surface area contributed by atoms with Gasteiger partial charge in [0.1, 0.15) is 22.8 Å². The highest BCUT2D eigenvalue weighted by Gasteiger charge is 2.21. The van der Waals surface area contributed by atoms with Gasteiger partial charge < -0.3 is 4.90 Å². The van der Waals surface area contributed by atoms with Crippen LogP contribution in [0, 0.1) is 23.0 Å². The van der Waals surface area contributed by atoms with E-state index >= 15 is 0 Å². The minimum Gasteiger partial charge on any atom is -0.320 e. The standard InChI is InChI=1S/C21H15F2N5OS/c1-12(13-5-6-15(22)16(23)8-13)28-11-26-19-14(9-24)10-25-20(18(19)21(28)29)27(2)17-4-3-7-30-17/h3-8,10-12H,1-2H3/t12-/m0/s1. The molecule has 0 amide bonds. The molecule has 4 rings (SSSR count). The van der Waals surface area contributed by atoms with Crippen molar-refractivity contribution in [1.82, 2.24) is 14.5 Å². The van der Waals surface area contributed by atoms with E-state index in [2.05, 4.69) is 9.97 Å². The molecule has 0 fully saturated rings. The molecule has 0 aliphatic heterocycles.